The number of hydrogen-bond acceptors (Lipinski definition) is 10. The van der Waals surface area contributed by atoms with E-state index in [0.29, 0.717) is 11.1 Å². The summed E-state index contributed by atoms with van der Waals surface area (Å²) in [6.45, 7) is 0. The van der Waals surface area contributed by atoms with Crippen LogP contribution in [-0.4, -0.2) is 55.8 Å². The fourth-order valence-electron chi connectivity index (χ4n) is 3.48. The van der Waals surface area contributed by atoms with Gasteiger partial charge in [0.15, 0.2) is 23.0 Å². The van der Waals surface area contributed by atoms with Crippen LogP contribution in [0.25, 0.3) is 22.3 Å². The molecule has 0 spiro atoms. The lowest BCUT2D eigenvalue weighted by atomic mass is 9.96. The van der Waals surface area contributed by atoms with Crippen LogP contribution in [-0.2, 0) is 20.2 Å². The third-order valence-corrected chi connectivity index (χ3v) is 6.13. The van der Waals surface area contributed by atoms with Crippen LogP contribution >= 0.6 is 11.6 Å². The number of phenolic OH excluding ortho intramolecular Hbond substituents is 1. The first-order chi connectivity index (χ1) is 16.8. The zero-order valence-electron chi connectivity index (χ0n) is 19.9. The van der Waals surface area contributed by atoms with E-state index in [1.54, 1.807) is 0 Å². The van der Waals surface area contributed by atoms with E-state index in [0.717, 1.165) is 12.5 Å². The van der Waals surface area contributed by atoms with Gasteiger partial charge in [-0.1, -0.05) is 29.8 Å². The summed E-state index contributed by atoms with van der Waals surface area (Å²) in [7, 11) is -3.82. The summed E-state index contributed by atoms with van der Waals surface area (Å²) in [4.78, 5) is 0. The molecule has 36 heavy (non-hydrogen) atoms. The van der Waals surface area contributed by atoms with Crippen molar-refractivity contribution in [1.29, 1.82) is 0 Å². The van der Waals surface area contributed by atoms with E-state index < -0.39 is 20.2 Å². The van der Waals surface area contributed by atoms with Crippen molar-refractivity contribution in [2.75, 3.05) is 33.8 Å². The Morgan fingerprint density at radius 3 is 1.75 bits per heavy atom. The maximum atomic E-state index is 12.2. The predicted octanol–water partition coefficient (Wildman–Crippen LogP) is 4.08. The number of ether oxygens (including phenoxy) is 3. The van der Waals surface area contributed by atoms with E-state index >= 15 is 0 Å². The van der Waals surface area contributed by atoms with Crippen LogP contribution in [0, 0.1) is 0 Å². The second-order valence-corrected chi connectivity index (χ2v) is 11.0. The fraction of sp³-hybridized carbons (Fsp3) is 0.217. The molecule has 0 aliphatic heterocycles. The molecule has 0 aromatic heterocycles. The Morgan fingerprint density at radius 2 is 1.25 bits per heavy atom. The molecule has 10 nitrogen and oxygen atoms in total. The molecule has 0 amide bonds. The summed E-state index contributed by atoms with van der Waals surface area (Å²) < 4.78 is 73.9. The minimum Gasteiger partial charge on any atom is -0.504 e. The molecule has 0 radical (unpaired) electrons. The van der Waals surface area contributed by atoms with Crippen molar-refractivity contribution in [3.05, 3.63) is 47.5 Å². The Morgan fingerprint density at radius 1 is 0.694 bits per heavy atom. The van der Waals surface area contributed by atoms with Crippen LogP contribution in [0.3, 0.4) is 0 Å². The SMILES string of the molecule is COc1cc(-c2c(OC)c(Cl)c(-c3ccc(OS(C)(=O)=O)cc3)c(OC)c2OS(C)(=O)=O)ccc1O. The van der Waals surface area contributed by atoms with Gasteiger partial charge < -0.3 is 27.7 Å². The summed E-state index contributed by atoms with van der Waals surface area (Å²) in [6.07, 6.45) is 1.78. The fourth-order valence-corrected chi connectivity index (χ4v) is 4.76. The molecule has 3 aromatic rings. The van der Waals surface area contributed by atoms with E-state index in [1.165, 1.54) is 63.8 Å². The Balaban J connectivity index is 2.39. The number of hydrogen-bond donors (Lipinski definition) is 1. The van der Waals surface area contributed by atoms with Crippen LogP contribution in [0.1, 0.15) is 0 Å². The average molecular weight is 559 g/mol. The third-order valence-electron chi connectivity index (χ3n) is 4.81. The number of phenols is 1. The molecule has 0 aliphatic carbocycles. The highest BCUT2D eigenvalue weighted by molar-refractivity contribution is 7.86. The number of methoxy groups -OCH3 is 3. The number of benzene rings is 3. The number of halogens is 1. The Bertz CT molecular complexity index is 1500. The first-order valence-corrected chi connectivity index (χ1v) is 14.0. The maximum absolute atomic E-state index is 12.2. The van der Waals surface area contributed by atoms with Crippen molar-refractivity contribution in [2.24, 2.45) is 0 Å². The van der Waals surface area contributed by atoms with Gasteiger partial charge in [0.1, 0.15) is 11.5 Å². The molecule has 0 saturated heterocycles. The Labute approximate surface area is 214 Å². The molecule has 194 valence electrons. The van der Waals surface area contributed by atoms with Crippen LogP contribution in [0.4, 0.5) is 0 Å². The zero-order valence-corrected chi connectivity index (χ0v) is 22.2. The van der Waals surface area contributed by atoms with Crippen molar-refractivity contribution < 1.29 is 44.5 Å². The van der Waals surface area contributed by atoms with E-state index in [1.807, 2.05) is 0 Å². The van der Waals surface area contributed by atoms with E-state index in [2.05, 4.69) is 0 Å². The Kier molecular flexibility index (Phi) is 7.82. The van der Waals surface area contributed by atoms with Gasteiger partial charge in [-0.05, 0) is 35.4 Å². The maximum Gasteiger partial charge on any atom is 0.306 e. The van der Waals surface area contributed by atoms with Gasteiger partial charge in [0, 0.05) is 0 Å². The second-order valence-electron chi connectivity index (χ2n) is 7.45. The first-order valence-electron chi connectivity index (χ1n) is 10.0. The molecule has 0 atom stereocenters. The summed E-state index contributed by atoms with van der Waals surface area (Å²) in [6, 6.07) is 10.1. The molecule has 0 aliphatic rings. The monoisotopic (exact) mass is 558 g/mol. The quantitative estimate of drug-likeness (QED) is 0.383. The predicted molar refractivity (Wildman–Crippen MR) is 135 cm³/mol. The van der Waals surface area contributed by atoms with Crippen molar-refractivity contribution >= 4 is 31.8 Å². The molecule has 0 bridgehead atoms. The lowest BCUT2D eigenvalue weighted by Gasteiger charge is -2.22. The number of aromatic hydroxyl groups is 1. The van der Waals surface area contributed by atoms with Gasteiger partial charge in [-0.15, -0.1) is 0 Å². The minimum atomic E-state index is -4.07. The summed E-state index contributed by atoms with van der Waals surface area (Å²) in [5.41, 5.74) is 1.12. The summed E-state index contributed by atoms with van der Waals surface area (Å²) >= 11 is 6.76. The van der Waals surface area contributed by atoms with E-state index in [4.69, 9.17) is 34.2 Å². The largest absolute Gasteiger partial charge is 0.504 e. The molecule has 1 N–H and O–H groups in total. The zero-order chi connectivity index (χ0) is 26.8. The lowest BCUT2D eigenvalue weighted by molar-refractivity contribution is 0.373. The van der Waals surface area contributed by atoms with Gasteiger partial charge in [-0.3, -0.25) is 0 Å². The number of rotatable bonds is 9. The second kappa shape index (κ2) is 10.3. The highest BCUT2D eigenvalue weighted by Gasteiger charge is 2.30. The summed E-state index contributed by atoms with van der Waals surface area (Å²) in [5, 5.41) is 10.1. The molecule has 13 heteroatoms. The smallest absolute Gasteiger partial charge is 0.306 e. The minimum absolute atomic E-state index is 0.0370. The van der Waals surface area contributed by atoms with E-state index in [-0.39, 0.29) is 50.6 Å². The van der Waals surface area contributed by atoms with Gasteiger partial charge in [-0.2, -0.15) is 16.8 Å². The molecule has 0 saturated carbocycles. The van der Waals surface area contributed by atoms with Gasteiger partial charge in [0.2, 0.25) is 0 Å². The normalized spacial score (nSPS) is 11.6. The Hall–Kier alpha value is -3.35. The standard InChI is InChI=1S/C23H23ClO10S2/c1-30-17-12-14(8-11-16(17)25)19-21(31-2)20(24)18(22(32-3)23(19)34-36(5,28)29)13-6-9-15(10-7-13)33-35(4,26)27/h6-12,25H,1-5H3. The van der Waals surface area contributed by atoms with Crippen LogP contribution < -0.4 is 22.6 Å². The topological polar surface area (TPSA) is 135 Å². The highest BCUT2D eigenvalue weighted by atomic mass is 35.5. The van der Waals surface area contributed by atoms with Crippen LogP contribution in [0.5, 0.6) is 34.5 Å². The van der Waals surface area contributed by atoms with Crippen molar-refractivity contribution in [1.82, 2.24) is 0 Å². The average Bonchev–Trinajstić information content (AvgIpc) is 2.78. The molecule has 3 rings (SSSR count). The van der Waals surface area contributed by atoms with Crippen molar-refractivity contribution in [3.8, 4) is 56.8 Å². The molecular weight excluding hydrogens is 536 g/mol. The van der Waals surface area contributed by atoms with Gasteiger partial charge in [0.25, 0.3) is 0 Å². The van der Waals surface area contributed by atoms with Crippen molar-refractivity contribution in [3.63, 3.8) is 0 Å². The highest BCUT2D eigenvalue weighted by Crippen LogP contribution is 2.56. The van der Waals surface area contributed by atoms with Crippen molar-refractivity contribution in [2.45, 2.75) is 0 Å². The molecule has 0 heterocycles. The first kappa shape index (κ1) is 27.2. The molecule has 0 fully saturated rings. The van der Waals surface area contributed by atoms with Crippen LogP contribution in [0.15, 0.2) is 42.5 Å². The van der Waals surface area contributed by atoms with Gasteiger partial charge >= 0.3 is 20.2 Å². The third kappa shape index (κ3) is 5.89. The summed E-state index contributed by atoms with van der Waals surface area (Å²) in [5.74, 6) is -0.179. The van der Waals surface area contributed by atoms with E-state index in [9.17, 15) is 21.9 Å². The molecule has 0 unspecified atom stereocenters. The molecular formula is C23H23ClO10S2. The lowest BCUT2D eigenvalue weighted by Crippen LogP contribution is -2.10. The van der Waals surface area contributed by atoms with Gasteiger partial charge in [-0.25, -0.2) is 0 Å². The van der Waals surface area contributed by atoms with Gasteiger partial charge in [0.05, 0.1) is 50.0 Å². The molecule has 3 aromatic carbocycles. The van der Waals surface area contributed by atoms with Crippen LogP contribution in [0.2, 0.25) is 5.02 Å².